The van der Waals surface area contributed by atoms with E-state index in [2.05, 4.69) is 36.1 Å². The van der Waals surface area contributed by atoms with Crippen molar-refractivity contribution < 1.29 is 4.79 Å². The summed E-state index contributed by atoms with van der Waals surface area (Å²) in [5, 5.41) is 9.61. The number of thiophene rings is 1. The molecule has 1 amide bonds. The number of likely N-dealkylation sites (N-methyl/N-ethyl adjacent to an activating group) is 1. The van der Waals surface area contributed by atoms with E-state index >= 15 is 0 Å². The van der Waals surface area contributed by atoms with E-state index in [9.17, 15) is 4.79 Å². The van der Waals surface area contributed by atoms with Crippen LogP contribution in [0.4, 0.5) is 5.82 Å². The van der Waals surface area contributed by atoms with Gasteiger partial charge in [-0.1, -0.05) is 31.9 Å². The van der Waals surface area contributed by atoms with E-state index in [0.717, 1.165) is 29.2 Å². The number of pyridine rings is 1. The number of aromatic nitrogens is 4. The number of hydrogen-bond acceptors (Lipinski definition) is 8. The molecule has 0 aliphatic carbocycles. The number of amides is 1. The molecular formula is C25H31N7OS2. The number of rotatable bonds is 10. The number of carbonyl (C=O) groups is 1. The Hall–Kier alpha value is -2.95. The molecule has 0 radical (unpaired) electrons. The van der Waals surface area contributed by atoms with E-state index in [1.54, 1.807) is 22.0 Å². The quantitative estimate of drug-likeness (QED) is 0.311. The van der Waals surface area contributed by atoms with Crippen LogP contribution in [-0.2, 0) is 0 Å². The van der Waals surface area contributed by atoms with Crippen molar-refractivity contribution in [2.24, 2.45) is 0 Å². The standard InChI is InChI=1S/C25H31N7OS2/c1-6-31(7-2)17(3)15-26-25(33)18-13-21(28-23(14-18)30(4)34-5)19-16-27-32-11-10-20(29-24(19)32)22-9-8-12-35-22/h8-14,16-17H,6-7,15H2,1-5H3,(H,26,33). The number of hydrogen-bond donors (Lipinski definition) is 1. The van der Waals surface area contributed by atoms with Crippen LogP contribution in [0.25, 0.3) is 27.5 Å². The van der Waals surface area contributed by atoms with Gasteiger partial charge in [-0.2, -0.15) is 5.10 Å². The molecule has 35 heavy (non-hydrogen) atoms. The smallest absolute Gasteiger partial charge is 0.251 e. The van der Waals surface area contributed by atoms with Gasteiger partial charge in [-0.25, -0.2) is 14.5 Å². The molecule has 10 heteroatoms. The highest BCUT2D eigenvalue weighted by molar-refractivity contribution is 7.99. The summed E-state index contributed by atoms with van der Waals surface area (Å²) in [6.45, 7) is 8.88. The van der Waals surface area contributed by atoms with Crippen molar-refractivity contribution in [3.8, 4) is 21.8 Å². The Morgan fingerprint density at radius 1 is 1.20 bits per heavy atom. The average molecular weight is 510 g/mol. The molecule has 0 saturated carbocycles. The highest BCUT2D eigenvalue weighted by Gasteiger charge is 2.18. The van der Waals surface area contributed by atoms with Crippen LogP contribution >= 0.6 is 23.3 Å². The monoisotopic (exact) mass is 509 g/mol. The molecular weight excluding hydrogens is 478 g/mol. The van der Waals surface area contributed by atoms with Crippen molar-refractivity contribution in [3.63, 3.8) is 0 Å². The van der Waals surface area contributed by atoms with Crippen molar-refractivity contribution >= 4 is 40.7 Å². The Balaban J connectivity index is 1.70. The van der Waals surface area contributed by atoms with E-state index in [0.29, 0.717) is 29.3 Å². The largest absolute Gasteiger partial charge is 0.350 e. The molecule has 0 fully saturated rings. The van der Waals surface area contributed by atoms with Gasteiger partial charge in [0.1, 0.15) is 5.82 Å². The van der Waals surface area contributed by atoms with Gasteiger partial charge in [0.15, 0.2) is 5.65 Å². The van der Waals surface area contributed by atoms with Crippen molar-refractivity contribution in [2.45, 2.75) is 26.8 Å². The minimum atomic E-state index is -0.118. The van der Waals surface area contributed by atoms with Crippen molar-refractivity contribution in [2.75, 3.05) is 37.2 Å². The predicted molar refractivity (Wildman–Crippen MR) is 146 cm³/mol. The molecule has 4 aromatic rings. The third-order valence-corrected chi connectivity index (χ3v) is 7.71. The maximum Gasteiger partial charge on any atom is 0.251 e. The van der Waals surface area contributed by atoms with E-state index in [4.69, 9.17) is 9.97 Å². The van der Waals surface area contributed by atoms with Gasteiger partial charge in [-0.05, 0) is 49.7 Å². The topological polar surface area (TPSA) is 78.7 Å². The van der Waals surface area contributed by atoms with Gasteiger partial charge in [-0.3, -0.25) is 9.69 Å². The minimum Gasteiger partial charge on any atom is -0.350 e. The van der Waals surface area contributed by atoms with Crippen LogP contribution in [0.5, 0.6) is 0 Å². The summed E-state index contributed by atoms with van der Waals surface area (Å²) in [6, 6.07) is 9.92. The van der Waals surface area contributed by atoms with Crippen LogP contribution in [0.1, 0.15) is 31.1 Å². The molecule has 0 saturated heterocycles. The fourth-order valence-electron chi connectivity index (χ4n) is 3.97. The molecule has 1 atom stereocenters. The number of nitrogens with one attached hydrogen (secondary N) is 1. The highest BCUT2D eigenvalue weighted by atomic mass is 32.2. The van der Waals surface area contributed by atoms with Crippen LogP contribution < -0.4 is 9.62 Å². The van der Waals surface area contributed by atoms with Crippen LogP contribution in [-0.4, -0.2) is 69.4 Å². The fourth-order valence-corrected chi connectivity index (χ4v) is 4.95. The number of anilines is 1. The summed E-state index contributed by atoms with van der Waals surface area (Å²) in [7, 11) is 1.93. The van der Waals surface area contributed by atoms with Crippen LogP contribution in [0.2, 0.25) is 0 Å². The van der Waals surface area contributed by atoms with Crippen LogP contribution in [0.3, 0.4) is 0 Å². The van der Waals surface area contributed by atoms with Crippen molar-refractivity contribution in [1.29, 1.82) is 0 Å². The average Bonchev–Trinajstić information content (AvgIpc) is 3.57. The lowest BCUT2D eigenvalue weighted by molar-refractivity contribution is 0.0938. The zero-order valence-corrected chi connectivity index (χ0v) is 22.4. The SMILES string of the molecule is CCN(CC)C(C)CNC(=O)c1cc(-c2cnn3ccc(-c4cccs4)nc23)nc(N(C)SC)c1. The van der Waals surface area contributed by atoms with Gasteiger partial charge in [0.25, 0.3) is 5.91 Å². The Labute approximate surface area is 214 Å². The second kappa shape index (κ2) is 11.2. The predicted octanol–water partition coefficient (Wildman–Crippen LogP) is 4.69. The lowest BCUT2D eigenvalue weighted by atomic mass is 10.1. The van der Waals surface area contributed by atoms with Crippen LogP contribution in [0, 0.1) is 0 Å². The molecule has 0 bridgehead atoms. The van der Waals surface area contributed by atoms with E-state index in [-0.39, 0.29) is 11.9 Å². The normalized spacial score (nSPS) is 12.3. The summed E-state index contributed by atoms with van der Waals surface area (Å²) < 4.78 is 3.68. The molecule has 8 nitrogen and oxygen atoms in total. The first-order chi connectivity index (χ1) is 16.9. The maximum absolute atomic E-state index is 13.2. The summed E-state index contributed by atoms with van der Waals surface area (Å²) in [6.07, 6.45) is 5.64. The Morgan fingerprint density at radius 3 is 2.69 bits per heavy atom. The van der Waals surface area contributed by atoms with Crippen molar-refractivity contribution in [1.82, 2.24) is 29.8 Å². The first-order valence-corrected chi connectivity index (χ1v) is 13.7. The summed E-state index contributed by atoms with van der Waals surface area (Å²) in [4.78, 5) is 26.3. The molecule has 0 aromatic carbocycles. The van der Waals surface area contributed by atoms with E-state index in [1.165, 1.54) is 11.9 Å². The number of carbonyl (C=O) groups excluding carboxylic acids is 1. The zero-order valence-electron chi connectivity index (χ0n) is 20.7. The van der Waals surface area contributed by atoms with E-state index < -0.39 is 0 Å². The minimum absolute atomic E-state index is 0.118. The molecule has 0 aliphatic heterocycles. The van der Waals surface area contributed by atoms with Gasteiger partial charge < -0.3 is 9.62 Å². The van der Waals surface area contributed by atoms with E-state index in [1.807, 2.05) is 59.5 Å². The van der Waals surface area contributed by atoms with Crippen molar-refractivity contribution in [3.05, 3.63) is 53.7 Å². The molecule has 1 N–H and O–H groups in total. The maximum atomic E-state index is 13.2. The second-order valence-corrected chi connectivity index (χ2v) is 10.0. The lowest BCUT2D eigenvalue weighted by Gasteiger charge is -2.26. The third kappa shape index (κ3) is 5.50. The van der Waals surface area contributed by atoms with Gasteiger partial charge in [-0.15, -0.1) is 11.3 Å². The zero-order chi connectivity index (χ0) is 24.9. The van der Waals surface area contributed by atoms with Gasteiger partial charge in [0, 0.05) is 37.7 Å². The number of nitrogens with zero attached hydrogens (tertiary/aromatic N) is 6. The lowest BCUT2D eigenvalue weighted by Crippen LogP contribution is -2.42. The molecule has 4 heterocycles. The Morgan fingerprint density at radius 2 is 2.00 bits per heavy atom. The summed E-state index contributed by atoms with van der Waals surface area (Å²) in [5.41, 5.74) is 3.59. The highest BCUT2D eigenvalue weighted by Crippen LogP contribution is 2.29. The molecule has 0 aliphatic rings. The number of fused-ring (bicyclic) bond motifs is 1. The summed E-state index contributed by atoms with van der Waals surface area (Å²) >= 11 is 3.18. The first kappa shape index (κ1) is 25.2. The van der Waals surface area contributed by atoms with Gasteiger partial charge in [0.05, 0.1) is 28.0 Å². The second-order valence-electron chi connectivity index (χ2n) is 8.18. The molecule has 0 spiro atoms. The molecule has 184 valence electrons. The Kier molecular flexibility index (Phi) is 8.04. The molecule has 4 aromatic heterocycles. The molecule has 4 rings (SSSR count). The van der Waals surface area contributed by atoms with Gasteiger partial charge >= 0.3 is 0 Å². The Bertz CT molecular complexity index is 1280. The molecule has 1 unspecified atom stereocenters. The summed E-state index contributed by atoms with van der Waals surface area (Å²) in [5.74, 6) is 0.581. The van der Waals surface area contributed by atoms with Crippen LogP contribution in [0.15, 0.2) is 48.1 Å². The fraction of sp³-hybridized carbons (Fsp3) is 0.360. The van der Waals surface area contributed by atoms with Gasteiger partial charge in [0.2, 0.25) is 0 Å². The first-order valence-electron chi connectivity index (χ1n) is 11.7. The third-order valence-electron chi connectivity index (χ3n) is 6.08.